The average Bonchev–Trinajstić information content (AvgIpc) is 3.21. The zero-order valence-corrected chi connectivity index (χ0v) is 39.8. The van der Waals surface area contributed by atoms with Gasteiger partial charge >= 0.3 is 19.8 Å². The molecule has 0 aliphatic carbocycles. The molecule has 0 unspecified atom stereocenters. The number of allylic oxidation sites excluding steroid dienone is 2. The van der Waals surface area contributed by atoms with Gasteiger partial charge in [-0.1, -0.05) is 238 Å². The van der Waals surface area contributed by atoms with Crippen molar-refractivity contribution in [3.63, 3.8) is 0 Å². The van der Waals surface area contributed by atoms with Gasteiger partial charge < -0.3 is 19.3 Å². The topological polar surface area (TPSA) is 119 Å². The Labute approximate surface area is 365 Å². The fraction of sp³-hybridized carbons (Fsp3) is 0.920. The van der Waals surface area contributed by atoms with E-state index in [9.17, 15) is 14.2 Å². The van der Waals surface area contributed by atoms with Gasteiger partial charge in [0.2, 0.25) is 0 Å². The molecule has 0 aromatic heterocycles. The van der Waals surface area contributed by atoms with Gasteiger partial charge in [-0.3, -0.25) is 14.1 Å². The smallest absolute Gasteiger partial charge is 0.462 e. The molecule has 1 atom stereocenters. The van der Waals surface area contributed by atoms with Gasteiger partial charge in [0.25, 0.3) is 0 Å². The molecule has 8 nitrogen and oxygen atoms in total. The lowest BCUT2D eigenvalue weighted by Gasteiger charge is -2.18. The van der Waals surface area contributed by atoms with Gasteiger partial charge in [0.15, 0.2) is 6.10 Å². The molecular formula is C50H97O8P. The monoisotopic (exact) mass is 857 g/mol. The van der Waals surface area contributed by atoms with E-state index in [0.717, 1.165) is 32.1 Å². The summed E-state index contributed by atoms with van der Waals surface area (Å²) in [6, 6.07) is 0. The highest BCUT2D eigenvalue weighted by Crippen LogP contribution is 2.36. The highest BCUT2D eigenvalue weighted by Gasteiger charge is 2.23. The molecular weight excluding hydrogens is 760 g/mol. The van der Waals surface area contributed by atoms with E-state index in [1.54, 1.807) is 0 Å². The summed E-state index contributed by atoms with van der Waals surface area (Å²) < 4.78 is 26.5. The van der Waals surface area contributed by atoms with Crippen LogP contribution in [0, 0.1) is 0 Å². The van der Waals surface area contributed by atoms with E-state index in [0.29, 0.717) is 6.42 Å². The molecule has 0 spiro atoms. The molecule has 0 amide bonds. The quantitative estimate of drug-likeness (QED) is 0.0269. The number of carbonyl (C=O) groups excluding carboxylic acids is 2. The zero-order chi connectivity index (χ0) is 43.2. The van der Waals surface area contributed by atoms with Crippen molar-refractivity contribution in [3.05, 3.63) is 12.2 Å². The van der Waals surface area contributed by atoms with Gasteiger partial charge in [0.05, 0.1) is 6.61 Å². The standard InChI is InChI=1S/C50H97O8P/c1-3-5-7-9-11-13-15-17-19-21-23-24-25-27-29-31-33-35-37-39-41-43-45-50(52)58-48(47-57-59(53,54)55)46-56-49(51)44-42-40-38-36-34-32-30-28-26-22-20-18-16-14-12-10-8-6-4-2/h18,20,48H,3-17,19,21-47H2,1-2H3,(H2,53,54,55)/b20-18+/t48-/m1/s1. The maximum absolute atomic E-state index is 12.5. The highest BCUT2D eigenvalue weighted by molar-refractivity contribution is 7.46. The normalized spacial score (nSPS) is 12.4. The molecule has 0 aliphatic rings. The zero-order valence-electron chi connectivity index (χ0n) is 38.9. The van der Waals surface area contributed by atoms with Gasteiger partial charge in [-0.15, -0.1) is 0 Å². The predicted octanol–water partition coefficient (Wildman–Crippen LogP) is 16.1. The molecule has 9 heteroatoms. The van der Waals surface area contributed by atoms with E-state index >= 15 is 0 Å². The van der Waals surface area contributed by atoms with Gasteiger partial charge in [0, 0.05) is 12.8 Å². The fourth-order valence-electron chi connectivity index (χ4n) is 7.72. The van der Waals surface area contributed by atoms with Crippen molar-refractivity contribution in [1.29, 1.82) is 0 Å². The van der Waals surface area contributed by atoms with Crippen molar-refractivity contribution < 1.29 is 37.9 Å². The molecule has 0 bridgehead atoms. The summed E-state index contributed by atoms with van der Waals surface area (Å²) in [6.45, 7) is 3.74. The second-order valence-corrected chi connectivity index (χ2v) is 18.7. The molecule has 0 saturated heterocycles. The molecule has 0 heterocycles. The number of phosphoric ester groups is 1. The predicted molar refractivity (Wildman–Crippen MR) is 249 cm³/mol. The van der Waals surface area contributed by atoms with Crippen molar-refractivity contribution >= 4 is 19.8 Å². The molecule has 0 rings (SSSR count). The van der Waals surface area contributed by atoms with E-state index in [-0.39, 0.29) is 19.4 Å². The molecule has 0 aromatic rings. The molecule has 59 heavy (non-hydrogen) atoms. The first-order valence-corrected chi connectivity index (χ1v) is 27.0. The molecule has 350 valence electrons. The van der Waals surface area contributed by atoms with Crippen molar-refractivity contribution in [2.45, 2.75) is 283 Å². The van der Waals surface area contributed by atoms with E-state index in [4.69, 9.17) is 19.3 Å². The summed E-state index contributed by atoms with van der Waals surface area (Å²) in [5.74, 6) is -0.869. The minimum Gasteiger partial charge on any atom is -0.462 e. The van der Waals surface area contributed by atoms with Crippen LogP contribution in [0.1, 0.15) is 277 Å². The number of unbranched alkanes of at least 4 members (excludes halogenated alkanes) is 36. The number of phosphoric acid groups is 1. The maximum Gasteiger partial charge on any atom is 0.469 e. The molecule has 0 radical (unpaired) electrons. The lowest BCUT2D eigenvalue weighted by Crippen LogP contribution is -2.29. The van der Waals surface area contributed by atoms with Crippen LogP contribution in [0.4, 0.5) is 0 Å². The van der Waals surface area contributed by atoms with E-state index in [1.807, 2.05) is 0 Å². The SMILES string of the molecule is CCCCCCCC/C=C/CCCCCCCCCCCC(=O)OC[C@H](COP(=O)(O)O)OC(=O)CCCCCCCCCCCCCCCCCCCCCCCC. The van der Waals surface area contributed by atoms with Crippen LogP contribution in [0.5, 0.6) is 0 Å². The fourth-order valence-corrected chi connectivity index (χ4v) is 8.09. The molecule has 2 N–H and O–H groups in total. The number of hydrogen-bond donors (Lipinski definition) is 2. The number of hydrogen-bond acceptors (Lipinski definition) is 6. The van der Waals surface area contributed by atoms with Crippen LogP contribution < -0.4 is 0 Å². The van der Waals surface area contributed by atoms with Gasteiger partial charge in [-0.2, -0.15) is 0 Å². The minimum atomic E-state index is -4.75. The van der Waals surface area contributed by atoms with Crippen LogP contribution in [-0.2, 0) is 28.2 Å². The van der Waals surface area contributed by atoms with Crippen LogP contribution in [0.3, 0.4) is 0 Å². The number of esters is 2. The Hall–Kier alpha value is -1.21. The Morgan fingerprint density at radius 1 is 0.424 bits per heavy atom. The summed E-state index contributed by atoms with van der Waals surface area (Å²) in [6.07, 6.45) is 53.7. The highest BCUT2D eigenvalue weighted by atomic mass is 31.2. The second kappa shape index (κ2) is 46.3. The van der Waals surface area contributed by atoms with Crippen molar-refractivity contribution in [3.8, 4) is 0 Å². The van der Waals surface area contributed by atoms with Crippen LogP contribution in [0.25, 0.3) is 0 Å². The third-order valence-corrected chi connectivity index (χ3v) is 12.0. The molecule has 0 fully saturated rings. The molecule has 0 aromatic carbocycles. The average molecular weight is 857 g/mol. The van der Waals surface area contributed by atoms with Gasteiger partial charge in [-0.25, -0.2) is 4.57 Å². The maximum atomic E-state index is 12.5. The first-order valence-electron chi connectivity index (χ1n) is 25.5. The Morgan fingerprint density at radius 3 is 1.03 bits per heavy atom. The van der Waals surface area contributed by atoms with E-state index in [2.05, 4.69) is 30.5 Å². The first kappa shape index (κ1) is 57.8. The Morgan fingerprint density at radius 2 is 0.712 bits per heavy atom. The largest absolute Gasteiger partial charge is 0.469 e. The summed E-state index contributed by atoms with van der Waals surface area (Å²) in [7, 11) is -4.75. The third-order valence-electron chi connectivity index (χ3n) is 11.5. The van der Waals surface area contributed by atoms with Crippen LogP contribution in [-0.4, -0.2) is 41.0 Å². The Bertz CT molecular complexity index is 967. The Balaban J connectivity index is 3.78. The van der Waals surface area contributed by atoms with Gasteiger partial charge in [0.1, 0.15) is 6.61 Å². The lowest BCUT2D eigenvalue weighted by atomic mass is 10.0. The summed E-state index contributed by atoms with van der Waals surface area (Å²) in [5.41, 5.74) is 0. The number of ether oxygens (including phenoxy) is 2. The molecule has 0 saturated carbocycles. The summed E-state index contributed by atoms with van der Waals surface area (Å²) in [4.78, 5) is 43.1. The number of carbonyl (C=O) groups is 2. The number of rotatable bonds is 48. The van der Waals surface area contributed by atoms with Crippen LogP contribution >= 0.6 is 7.82 Å². The minimum absolute atomic E-state index is 0.218. The van der Waals surface area contributed by atoms with Crippen molar-refractivity contribution in [2.75, 3.05) is 13.2 Å². The third kappa shape index (κ3) is 49.3. The van der Waals surface area contributed by atoms with Gasteiger partial charge in [-0.05, 0) is 38.5 Å². The Kier molecular flexibility index (Phi) is 45.3. The lowest BCUT2D eigenvalue weighted by molar-refractivity contribution is -0.161. The van der Waals surface area contributed by atoms with Crippen molar-refractivity contribution in [1.82, 2.24) is 0 Å². The van der Waals surface area contributed by atoms with Crippen LogP contribution in [0.15, 0.2) is 12.2 Å². The molecule has 0 aliphatic heterocycles. The first-order chi connectivity index (χ1) is 28.8. The summed E-state index contributed by atoms with van der Waals surface area (Å²) >= 11 is 0. The van der Waals surface area contributed by atoms with Crippen molar-refractivity contribution in [2.24, 2.45) is 0 Å². The van der Waals surface area contributed by atoms with E-state index in [1.165, 1.54) is 212 Å². The van der Waals surface area contributed by atoms with Crippen LogP contribution in [0.2, 0.25) is 0 Å². The second-order valence-electron chi connectivity index (χ2n) is 17.5. The van der Waals surface area contributed by atoms with E-state index < -0.39 is 32.5 Å². The summed E-state index contributed by atoms with van der Waals surface area (Å²) in [5, 5.41) is 0.